The van der Waals surface area contributed by atoms with Crippen molar-refractivity contribution < 1.29 is 14.3 Å². The van der Waals surface area contributed by atoms with E-state index in [0.717, 1.165) is 32.4 Å². The van der Waals surface area contributed by atoms with Crippen LogP contribution in [0.1, 0.15) is 36.8 Å². The molecule has 4 rings (SSSR count). The number of likely N-dealkylation sites (tertiary alicyclic amines) is 1. The van der Waals surface area contributed by atoms with Gasteiger partial charge in [0.2, 0.25) is 0 Å². The third-order valence-corrected chi connectivity index (χ3v) is 5.77. The highest BCUT2D eigenvalue weighted by Crippen LogP contribution is 2.35. The quantitative estimate of drug-likeness (QED) is 0.926. The first kappa shape index (κ1) is 15.9. The first-order valence-corrected chi connectivity index (χ1v) is 9.04. The number of nitrogens with zero attached hydrogens (tertiary/aromatic N) is 1. The lowest BCUT2D eigenvalue weighted by molar-refractivity contribution is -0.189. The van der Waals surface area contributed by atoms with Crippen LogP contribution in [0.3, 0.4) is 0 Å². The number of hydrogen-bond acceptors (Lipinski definition) is 3. The van der Waals surface area contributed by atoms with Gasteiger partial charge in [0, 0.05) is 31.5 Å². The van der Waals surface area contributed by atoms with Crippen LogP contribution in [0.2, 0.25) is 0 Å². The van der Waals surface area contributed by atoms with E-state index >= 15 is 0 Å². The number of urea groups is 1. The standard InChI is InChI=1S/C19H26N2O3/c1-19(23-9-10-24-19)16-6-4-8-21(13-16)18(22)20-12-15-11-14-5-2-3-7-17(14)15/h2-3,5,7,15-16H,4,6,8-13H2,1H3,(H,20,22). The van der Waals surface area contributed by atoms with E-state index in [1.165, 1.54) is 11.1 Å². The molecule has 2 heterocycles. The van der Waals surface area contributed by atoms with E-state index in [0.29, 0.717) is 25.7 Å². The number of carbonyl (C=O) groups excluding carboxylic acids is 1. The normalized spacial score (nSPS) is 28.1. The van der Waals surface area contributed by atoms with Gasteiger partial charge >= 0.3 is 6.03 Å². The molecule has 0 aromatic heterocycles. The minimum Gasteiger partial charge on any atom is -0.347 e. The van der Waals surface area contributed by atoms with Crippen molar-refractivity contribution in [3.63, 3.8) is 0 Å². The van der Waals surface area contributed by atoms with Crippen LogP contribution in [0.25, 0.3) is 0 Å². The Bertz CT molecular complexity index is 612. The Morgan fingerprint density at radius 3 is 2.92 bits per heavy atom. The molecular formula is C19H26N2O3. The minimum atomic E-state index is -0.522. The monoisotopic (exact) mass is 330 g/mol. The number of benzene rings is 1. The van der Waals surface area contributed by atoms with Crippen LogP contribution >= 0.6 is 0 Å². The van der Waals surface area contributed by atoms with Gasteiger partial charge in [0.1, 0.15) is 0 Å². The molecule has 1 N–H and O–H groups in total. The van der Waals surface area contributed by atoms with Gasteiger partial charge in [0.05, 0.1) is 13.2 Å². The Labute approximate surface area is 143 Å². The third-order valence-electron chi connectivity index (χ3n) is 5.77. The molecule has 1 aliphatic carbocycles. The smallest absolute Gasteiger partial charge is 0.317 e. The highest BCUT2D eigenvalue weighted by molar-refractivity contribution is 5.74. The fraction of sp³-hybridized carbons (Fsp3) is 0.632. The van der Waals surface area contributed by atoms with E-state index in [-0.39, 0.29) is 11.9 Å². The van der Waals surface area contributed by atoms with E-state index in [1.807, 2.05) is 11.8 Å². The molecule has 2 unspecified atom stereocenters. The summed E-state index contributed by atoms with van der Waals surface area (Å²) >= 11 is 0. The highest BCUT2D eigenvalue weighted by atomic mass is 16.7. The Hall–Kier alpha value is -1.59. The van der Waals surface area contributed by atoms with Crippen LogP contribution in [-0.4, -0.2) is 49.6 Å². The maximum absolute atomic E-state index is 12.6. The van der Waals surface area contributed by atoms with E-state index < -0.39 is 5.79 Å². The van der Waals surface area contributed by atoms with Crippen molar-refractivity contribution >= 4 is 6.03 Å². The molecule has 0 spiro atoms. The highest BCUT2D eigenvalue weighted by Gasteiger charge is 2.42. The molecule has 0 saturated carbocycles. The largest absolute Gasteiger partial charge is 0.347 e. The molecule has 5 heteroatoms. The average Bonchev–Trinajstić information content (AvgIpc) is 3.04. The van der Waals surface area contributed by atoms with Crippen LogP contribution in [0.15, 0.2) is 24.3 Å². The van der Waals surface area contributed by atoms with E-state index in [1.54, 1.807) is 0 Å². The zero-order valence-electron chi connectivity index (χ0n) is 14.3. The van der Waals surface area contributed by atoms with Crippen LogP contribution < -0.4 is 5.32 Å². The van der Waals surface area contributed by atoms with Gasteiger partial charge in [-0.05, 0) is 37.3 Å². The SMILES string of the molecule is CC1(C2CCCN(C(=O)NCC3Cc4ccccc43)C2)OCCO1. The van der Waals surface area contributed by atoms with Crippen LogP contribution in [0.5, 0.6) is 0 Å². The Morgan fingerprint density at radius 2 is 2.12 bits per heavy atom. The molecule has 5 nitrogen and oxygen atoms in total. The van der Waals surface area contributed by atoms with Crippen molar-refractivity contribution in [2.24, 2.45) is 5.92 Å². The van der Waals surface area contributed by atoms with Gasteiger partial charge in [-0.1, -0.05) is 24.3 Å². The van der Waals surface area contributed by atoms with Gasteiger partial charge in [0.25, 0.3) is 0 Å². The van der Waals surface area contributed by atoms with Crippen LogP contribution in [-0.2, 0) is 15.9 Å². The van der Waals surface area contributed by atoms with Gasteiger partial charge in [-0.15, -0.1) is 0 Å². The first-order valence-electron chi connectivity index (χ1n) is 9.04. The molecule has 2 amide bonds. The van der Waals surface area contributed by atoms with Crippen LogP contribution in [0, 0.1) is 5.92 Å². The second kappa shape index (κ2) is 6.37. The summed E-state index contributed by atoms with van der Waals surface area (Å²) in [6.07, 6.45) is 3.13. The minimum absolute atomic E-state index is 0.0469. The Morgan fingerprint density at radius 1 is 1.33 bits per heavy atom. The first-order chi connectivity index (χ1) is 11.7. The molecule has 2 aliphatic heterocycles. The predicted octanol–water partition coefficient (Wildman–Crippen LogP) is 2.51. The van der Waals surface area contributed by atoms with Crippen molar-refractivity contribution in [3.8, 4) is 0 Å². The molecule has 0 radical (unpaired) electrons. The number of ether oxygens (including phenoxy) is 2. The van der Waals surface area contributed by atoms with Gasteiger partial charge in [-0.3, -0.25) is 0 Å². The average molecular weight is 330 g/mol. The molecular weight excluding hydrogens is 304 g/mol. The lowest BCUT2D eigenvalue weighted by Crippen LogP contribution is -2.52. The van der Waals surface area contributed by atoms with E-state index in [2.05, 4.69) is 29.6 Å². The van der Waals surface area contributed by atoms with Gasteiger partial charge in [0.15, 0.2) is 5.79 Å². The molecule has 1 aromatic carbocycles. The van der Waals surface area contributed by atoms with Crippen molar-refractivity contribution in [2.75, 3.05) is 32.8 Å². The second-order valence-corrected chi connectivity index (χ2v) is 7.28. The number of hydrogen-bond donors (Lipinski definition) is 1. The summed E-state index contributed by atoms with van der Waals surface area (Å²) < 4.78 is 11.6. The Kier molecular flexibility index (Phi) is 4.22. The summed E-state index contributed by atoms with van der Waals surface area (Å²) in [7, 11) is 0. The molecule has 24 heavy (non-hydrogen) atoms. The van der Waals surface area contributed by atoms with Gasteiger partial charge < -0.3 is 19.7 Å². The van der Waals surface area contributed by atoms with Crippen molar-refractivity contribution in [2.45, 2.75) is 37.9 Å². The topological polar surface area (TPSA) is 50.8 Å². The lowest BCUT2D eigenvalue weighted by Gasteiger charge is -2.40. The van der Waals surface area contributed by atoms with Crippen molar-refractivity contribution in [1.29, 1.82) is 0 Å². The molecule has 130 valence electrons. The zero-order chi connectivity index (χ0) is 16.6. The second-order valence-electron chi connectivity index (χ2n) is 7.28. The zero-order valence-corrected chi connectivity index (χ0v) is 14.3. The number of piperidine rings is 1. The van der Waals surface area contributed by atoms with Crippen LogP contribution in [0.4, 0.5) is 4.79 Å². The fourth-order valence-corrected chi connectivity index (χ4v) is 4.22. The lowest BCUT2D eigenvalue weighted by atomic mass is 9.78. The Balaban J connectivity index is 1.30. The molecule has 1 aromatic rings. The predicted molar refractivity (Wildman–Crippen MR) is 90.9 cm³/mol. The summed E-state index contributed by atoms with van der Waals surface area (Å²) in [5.74, 6) is 0.194. The molecule has 2 atom stereocenters. The number of fused-ring (bicyclic) bond motifs is 1. The number of nitrogens with one attached hydrogen (secondary N) is 1. The summed E-state index contributed by atoms with van der Waals surface area (Å²) in [5, 5.41) is 3.12. The molecule has 3 aliphatic rings. The summed E-state index contributed by atoms with van der Waals surface area (Å²) in [6, 6.07) is 8.54. The third kappa shape index (κ3) is 2.91. The van der Waals surface area contributed by atoms with E-state index in [4.69, 9.17) is 9.47 Å². The number of rotatable bonds is 3. The van der Waals surface area contributed by atoms with Gasteiger partial charge in [-0.25, -0.2) is 4.79 Å². The fourth-order valence-electron chi connectivity index (χ4n) is 4.22. The maximum Gasteiger partial charge on any atom is 0.317 e. The summed E-state index contributed by atoms with van der Waals surface area (Å²) in [4.78, 5) is 14.5. The molecule has 2 saturated heterocycles. The van der Waals surface area contributed by atoms with E-state index in [9.17, 15) is 4.79 Å². The number of carbonyl (C=O) groups is 1. The maximum atomic E-state index is 12.6. The van der Waals surface area contributed by atoms with Crippen molar-refractivity contribution in [1.82, 2.24) is 10.2 Å². The number of amides is 2. The van der Waals surface area contributed by atoms with Gasteiger partial charge in [-0.2, -0.15) is 0 Å². The van der Waals surface area contributed by atoms with Crippen molar-refractivity contribution in [3.05, 3.63) is 35.4 Å². The summed E-state index contributed by atoms with van der Waals surface area (Å²) in [6.45, 7) is 5.57. The molecule has 0 bridgehead atoms. The summed E-state index contributed by atoms with van der Waals surface area (Å²) in [5.41, 5.74) is 2.80. The molecule has 2 fully saturated rings.